The number of halogens is 4. The Balaban J connectivity index is 1.78. The lowest BCUT2D eigenvalue weighted by Crippen LogP contribution is -2.34. The van der Waals surface area contributed by atoms with Crippen molar-refractivity contribution in [3.05, 3.63) is 108 Å². The second kappa shape index (κ2) is 9.05. The minimum absolute atomic E-state index is 0.181. The van der Waals surface area contributed by atoms with Crippen molar-refractivity contribution in [3.8, 4) is 0 Å². The third-order valence-electron chi connectivity index (χ3n) is 4.86. The third-order valence-corrected chi connectivity index (χ3v) is 5.49. The number of pyridine rings is 2. The van der Waals surface area contributed by atoms with Crippen LogP contribution in [0, 0.1) is 11.6 Å². The number of H-pyrrole nitrogens is 1. The highest BCUT2D eigenvalue weighted by Gasteiger charge is 2.19. The van der Waals surface area contributed by atoms with Gasteiger partial charge in [0.05, 0.1) is 27.8 Å². The van der Waals surface area contributed by atoms with E-state index in [2.05, 4.69) is 15.8 Å². The van der Waals surface area contributed by atoms with E-state index in [0.29, 0.717) is 0 Å². The molecular weight excluding hydrogens is 477 g/mol. The maximum absolute atomic E-state index is 14.2. The molecule has 2 aromatic heterocycles. The number of aromatic amines is 1. The number of nitrogens with zero attached hydrogens (tertiary/aromatic N) is 1. The third kappa shape index (κ3) is 4.46. The molecule has 2 aromatic carbocycles. The zero-order valence-electron chi connectivity index (χ0n) is 16.6. The van der Waals surface area contributed by atoms with E-state index in [1.54, 1.807) is 18.2 Å². The van der Waals surface area contributed by atoms with E-state index in [1.165, 1.54) is 16.7 Å². The Hall–Kier alpha value is -3.69. The summed E-state index contributed by atoms with van der Waals surface area (Å²) in [4.78, 5) is 39.9. The molecule has 0 atom stereocenters. The van der Waals surface area contributed by atoms with Gasteiger partial charge in [-0.05, 0) is 30.3 Å². The zero-order valence-corrected chi connectivity index (χ0v) is 18.1. The number of hydrazine groups is 1. The van der Waals surface area contributed by atoms with Gasteiger partial charge in [0.2, 0.25) is 11.0 Å². The number of carbonyl (C=O) groups excluding carboxylic acids is 1. The van der Waals surface area contributed by atoms with Gasteiger partial charge in [-0.2, -0.15) is 0 Å². The Labute approximate surface area is 194 Å². The molecule has 3 N–H and O–H groups in total. The summed E-state index contributed by atoms with van der Waals surface area (Å²) in [5.41, 5.74) is 3.03. The normalized spacial score (nSPS) is 10.9. The van der Waals surface area contributed by atoms with E-state index in [9.17, 15) is 23.2 Å². The van der Waals surface area contributed by atoms with Crippen LogP contribution in [0.25, 0.3) is 11.0 Å². The molecule has 4 aromatic rings. The van der Waals surface area contributed by atoms with E-state index < -0.39 is 34.1 Å². The van der Waals surface area contributed by atoms with Crippen LogP contribution in [0.4, 0.5) is 14.5 Å². The fourth-order valence-corrected chi connectivity index (χ4v) is 3.74. The number of hydrogen-bond acceptors (Lipinski definition) is 4. The van der Waals surface area contributed by atoms with Gasteiger partial charge in [0.25, 0.3) is 5.91 Å². The van der Waals surface area contributed by atoms with Crippen molar-refractivity contribution in [1.82, 2.24) is 15.0 Å². The van der Waals surface area contributed by atoms with Gasteiger partial charge in [-0.15, -0.1) is 0 Å². The molecule has 1 amide bonds. The summed E-state index contributed by atoms with van der Waals surface area (Å²) in [7, 11) is 0. The standard InChI is InChI=1S/C22H14Cl2F2N4O3/c23-13-3-1-4-14(24)19(13)28-29-22(33)12-10-30(9-11-15(25)5-2-6-16(11)26)17-7-8-18(31)27-20(17)21(12)32/h1-8,10,28H,9H2,(H,27,31)(H,29,33). The second-order valence-corrected chi connectivity index (χ2v) is 7.77. The fourth-order valence-electron chi connectivity index (χ4n) is 3.25. The number of carbonyl (C=O) groups is 1. The Morgan fingerprint density at radius 2 is 1.61 bits per heavy atom. The molecule has 0 aliphatic heterocycles. The minimum atomic E-state index is -0.884. The summed E-state index contributed by atoms with van der Waals surface area (Å²) < 4.78 is 29.8. The molecule has 11 heteroatoms. The molecule has 0 radical (unpaired) electrons. The van der Waals surface area contributed by atoms with Crippen LogP contribution in [-0.2, 0) is 6.54 Å². The van der Waals surface area contributed by atoms with E-state index in [-0.39, 0.29) is 38.9 Å². The Kier molecular flexibility index (Phi) is 6.17. The first kappa shape index (κ1) is 22.5. The summed E-state index contributed by atoms with van der Waals surface area (Å²) in [6.45, 7) is -0.342. The number of fused-ring (bicyclic) bond motifs is 1. The summed E-state index contributed by atoms with van der Waals surface area (Å²) in [6.07, 6.45) is 1.15. The van der Waals surface area contributed by atoms with E-state index in [4.69, 9.17) is 23.2 Å². The van der Waals surface area contributed by atoms with Crippen LogP contribution in [0.2, 0.25) is 10.0 Å². The predicted molar refractivity (Wildman–Crippen MR) is 122 cm³/mol. The first-order valence-corrected chi connectivity index (χ1v) is 10.2. The van der Waals surface area contributed by atoms with E-state index >= 15 is 0 Å². The first-order chi connectivity index (χ1) is 15.8. The molecule has 0 saturated carbocycles. The molecule has 0 spiro atoms. The van der Waals surface area contributed by atoms with Gasteiger partial charge in [0, 0.05) is 17.8 Å². The summed E-state index contributed by atoms with van der Waals surface area (Å²) in [5.74, 6) is -2.48. The fraction of sp³-hybridized carbons (Fsp3) is 0.0455. The first-order valence-electron chi connectivity index (χ1n) is 9.46. The molecular formula is C22H14Cl2F2N4O3. The van der Waals surface area contributed by atoms with Crippen molar-refractivity contribution in [2.24, 2.45) is 0 Å². The molecule has 2 heterocycles. The monoisotopic (exact) mass is 490 g/mol. The van der Waals surface area contributed by atoms with Gasteiger partial charge in [-0.25, -0.2) is 8.78 Å². The molecule has 0 saturated heterocycles. The van der Waals surface area contributed by atoms with Crippen LogP contribution in [0.5, 0.6) is 0 Å². The van der Waals surface area contributed by atoms with Crippen molar-refractivity contribution >= 4 is 45.8 Å². The molecule has 0 bridgehead atoms. The van der Waals surface area contributed by atoms with Crippen LogP contribution < -0.4 is 21.8 Å². The quantitative estimate of drug-likeness (QED) is 0.367. The van der Waals surface area contributed by atoms with Crippen molar-refractivity contribution in [1.29, 1.82) is 0 Å². The molecule has 168 valence electrons. The summed E-state index contributed by atoms with van der Waals surface area (Å²) >= 11 is 12.1. The molecule has 4 rings (SSSR count). The van der Waals surface area contributed by atoms with Gasteiger partial charge in [-0.1, -0.05) is 35.3 Å². The molecule has 0 aliphatic rings. The van der Waals surface area contributed by atoms with Crippen LogP contribution in [-0.4, -0.2) is 15.5 Å². The van der Waals surface area contributed by atoms with Crippen LogP contribution in [0.15, 0.2) is 64.3 Å². The van der Waals surface area contributed by atoms with Crippen molar-refractivity contribution < 1.29 is 13.6 Å². The van der Waals surface area contributed by atoms with E-state index in [1.807, 2.05) is 0 Å². The molecule has 7 nitrogen and oxygen atoms in total. The van der Waals surface area contributed by atoms with Crippen LogP contribution in [0.1, 0.15) is 15.9 Å². The average Bonchev–Trinajstić information content (AvgIpc) is 2.77. The number of benzene rings is 2. The lowest BCUT2D eigenvalue weighted by Gasteiger charge is -2.15. The minimum Gasteiger partial charge on any atom is -0.341 e. The van der Waals surface area contributed by atoms with Crippen molar-refractivity contribution in [2.45, 2.75) is 6.54 Å². The topological polar surface area (TPSA) is 96.0 Å². The van der Waals surface area contributed by atoms with Crippen LogP contribution in [0.3, 0.4) is 0 Å². The molecule has 0 aliphatic carbocycles. The number of rotatable bonds is 5. The number of hydrogen-bond donors (Lipinski definition) is 3. The average molecular weight is 491 g/mol. The lowest BCUT2D eigenvalue weighted by molar-refractivity contribution is 0.0961. The number of nitrogens with one attached hydrogen (secondary N) is 3. The maximum atomic E-state index is 14.2. The number of aromatic nitrogens is 2. The zero-order chi connectivity index (χ0) is 23.7. The van der Waals surface area contributed by atoms with Gasteiger partial charge in [0.1, 0.15) is 22.7 Å². The highest BCUT2D eigenvalue weighted by atomic mass is 35.5. The van der Waals surface area contributed by atoms with Crippen molar-refractivity contribution in [2.75, 3.05) is 5.43 Å². The lowest BCUT2D eigenvalue weighted by atomic mass is 10.1. The smallest absolute Gasteiger partial charge is 0.275 e. The maximum Gasteiger partial charge on any atom is 0.275 e. The largest absolute Gasteiger partial charge is 0.341 e. The van der Waals surface area contributed by atoms with Gasteiger partial charge < -0.3 is 9.55 Å². The number of para-hydroxylation sites is 1. The molecule has 0 unspecified atom stereocenters. The second-order valence-electron chi connectivity index (χ2n) is 6.96. The van der Waals surface area contributed by atoms with Gasteiger partial charge in [0.15, 0.2) is 0 Å². The molecule has 33 heavy (non-hydrogen) atoms. The highest BCUT2D eigenvalue weighted by Crippen LogP contribution is 2.29. The van der Waals surface area contributed by atoms with E-state index in [0.717, 1.165) is 24.4 Å². The van der Waals surface area contributed by atoms with Gasteiger partial charge in [-0.3, -0.25) is 25.2 Å². The Morgan fingerprint density at radius 3 is 2.27 bits per heavy atom. The van der Waals surface area contributed by atoms with Crippen molar-refractivity contribution in [3.63, 3.8) is 0 Å². The summed E-state index contributed by atoms with van der Waals surface area (Å²) in [6, 6.07) is 10.6. The summed E-state index contributed by atoms with van der Waals surface area (Å²) in [5, 5.41) is 0.441. The van der Waals surface area contributed by atoms with Gasteiger partial charge >= 0.3 is 0 Å². The number of anilines is 1. The Bertz CT molecular complexity index is 1480. The Morgan fingerprint density at radius 1 is 0.970 bits per heavy atom. The number of amides is 1. The molecule has 0 fully saturated rings. The SMILES string of the molecule is O=C(NNc1c(Cl)cccc1Cl)c1cn(Cc2c(F)cccc2F)c2ccc(=O)[nH]c2c1=O. The predicted octanol–water partition coefficient (Wildman–Crippen LogP) is 4.08. The van der Waals surface area contributed by atoms with Crippen LogP contribution >= 0.6 is 23.2 Å². The highest BCUT2D eigenvalue weighted by molar-refractivity contribution is 6.39.